The number of benzene rings is 11. The van der Waals surface area contributed by atoms with E-state index in [4.69, 9.17) is 4.74 Å². The maximum Gasteiger partial charge on any atom is 0.132 e. The lowest BCUT2D eigenvalue weighted by atomic mass is 9.66. The van der Waals surface area contributed by atoms with E-state index in [0.717, 1.165) is 62.9 Å². The third-order valence-electron chi connectivity index (χ3n) is 16.5. The molecule has 1 aromatic heterocycles. The molecule has 77 heavy (non-hydrogen) atoms. The molecule has 0 bridgehead atoms. The van der Waals surface area contributed by atoms with Gasteiger partial charge in [0.25, 0.3) is 0 Å². The standard InChI is InChI=1S/C74H52N2O/c1-49-39-45-58(62(47-49)50-21-4-2-5-22-50)56-25-8-9-26-57(56)60-28-11-16-34-68(60)75(53-42-40-51(41-43-53)55-30-20-36-70-73(55)61-29-12-17-35-69(61)76(70)52-23-6-3-7-24-52)54-44-46-65-63(48-54)59-27-10-13-31-64(59)74(65)66-32-14-18-37-71(66)77-72-38-19-15-33-67(72)74/h2-46,48-49H,47H2,1H3. The second-order valence-electron chi connectivity index (χ2n) is 20.8. The van der Waals surface area contributed by atoms with Crippen LogP contribution in [0.1, 0.15) is 46.7 Å². The Hall–Kier alpha value is -9.70. The minimum Gasteiger partial charge on any atom is -0.457 e. The summed E-state index contributed by atoms with van der Waals surface area (Å²) < 4.78 is 9.11. The monoisotopic (exact) mass is 984 g/mol. The van der Waals surface area contributed by atoms with Gasteiger partial charge in [-0.1, -0.05) is 219 Å². The normalized spacial score (nSPS) is 14.7. The maximum absolute atomic E-state index is 6.71. The molecule has 0 fully saturated rings. The van der Waals surface area contributed by atoms with E-state index in [-0.39, 0.29) is 0 Å². The molecule has 0 saturated heterocycles. The zero-order valence-corrected chi connectivity index (χ0v) is 42.6. The fraction of sp³-hybridized carbons (Fsp3) is 0.0541. The third kappa shape index (κ3) is 6.97. The number of hydrogen-bond acceptors (Lipinski definition) is 2. The van der Waals surface area contributed by atoms with Gasteiger partial charge in [-0.15, -0.1) is 0 Å². The van der Waals surface area contributed by atoms with E-state index in [0.29, 0.717) is 5.92 Å². The highest BCUT2D eigenvalue weighted by Gasteiger charge is 2.51. The van der Waals surface area contributed by atoms with Crippen LogP contribution in [0.3, 0.4) is 0 Å². The Morgan fingerprint density at radius 1 is 0.429 bits per heavy atom. The zero-order valence-electron chi connectivity index (χ0n) is 42.6. The van der Waals surface area contributed by atoms with Crippen LogP contribution in [0.15, 0.2) is 279 Å². The van der Waals surface area contributed by atoms with E-state index in [2.05, 4.69) is 295 Å². The van der Waals surface area contributed by atoms with Crippen molar-refractivity contribution >= 4 is 50.0 Å². The van der Waals surface area contributed by atoms with Crippen LogP contribution in [0.2, 0.25) is 0 Å². The average molecular weight is 985 g/mol. The first kappa shape index (κ1) is 44.8. The molecule has 3 nitrogen and oxygen atoms in total. The molecule has 3 aliphatic rings. The summed E-state index contributed by atoms with van der Waals surface area (Å²) >= 11 is 0. The van der Waals surface area contributed by atoms with Crippen LogP contribution >= 0.6 is 0 Å². The van der Waals surface area contributed by atoms with Crippen molar-refractivity contribution in [2.75, 3.05) is 4.90 Å². The number of nitrogens with zero attached hydrogens (tertiary/aromatic N) is 2. The number of ether oxygens (including phenoxy) is 1. The summed E-state index contributed by atoms with van der Waals surface area (Å²) in [6.45, 7) is 2.32. The van der Waals surface area contributed by atoms with E-state index in [9.17, 15) is 0 Å². The van der Waals surface area contributed by atoms with Crippen LogP contribution in [-0.4, -0.2) is 4.57 Å². The Kier molecular flexibility index (Phi) is 10.5. The van der Waals surface area contributed by atoms with Gasteiger partial charge in [0.15, 0.2) is 0 Å². The van der Waals surface area contributed by atoms with E-state index >= 15 is 0 Å². The summed E-state index contributed by atoms with van der Waals surface area (Å²) in [7, 11) is 0. The molecule has 0 radical (unpaired) electrons. The van der Waals surface area contributed by atoms with E-state index in [1.54, 1.807) is 0 Å². The smallest absolute Gasteiger partial charge is 0.132 e. The predicted octanol–water partition coefficient (Wildman–Crippen LogP) is 19.6. The highest BCUT2D eigenvalue weighted by atomic mass is 16.5. The Bertz CT molecular complexity index is 4310. The molecule has 2 aliphatic carbocycles. The van der Waals surface area contributed by atoms with Gasteiger partial charge in [0.1, 0.15) is 11.5 Å². The van der Waals surface area contributed by atoms with Gasteiger partial charge >= 0.3 is 0 Å². The van der Waals surface area contributed by atoms with Crippen molar-refractivity contribution in [3.8, 4) is 50.6 Å². The number of allylic oxidation sites excluding steroid dienone is 4. The van der Waals surface area contributed by atoms with Crippen molar-refractivity contribution < 1.29 is 4.74 Å². The number of aromatic nitrogens is 1. The first-order chi connectivity index (χ1) is 38.1. The van der Waals surface area contributed by atoms with E-state index in [1.165, 1.54) is 77.5 Å². The van der Waals surface area contributed by atoms with Crippen molar-refractivity contribution in [1.82, 2.24) is 4.57 Å². The lowest BCUT2D eigenvalue weighted by molar-refractivity contribution is 0.436. The second-order valence-corrected chi connectivity index (χ2v) is 20.8. The second kappa shape index (κ2) is 18.0. The van der Waals surface area contributed by atoms with Gasteiger partial charge in [0.2, 0.25) is 0 Å². The van der Waals surface area contributed by atoms with Gasteiger partial charge in [0.05, 0.1) is 22.1 Å². The van der Waals surface area contributed by atoms with Crippen LogP contribution in [0.25, 0.3) is 72.0 Å². The number of anilines is 3. The van der Waals surface area contributed by atoms with Crippen LogP contribution < -0.4 is 9.64 Å². The van der Waals surface area contributed by atoms with Crippen molar-refractivity contribution in [2.24, 2.45) is 5.92 Å². The Morgan fingerprint density at radius 2 is 1.00 bits per heavy atom. The first-order valence-electron chi connectivity index (χ1n) is 26.9. The molecule has 364 valence electrons. The quantitative estimate of drug-likeness (QED) is 0.151. The number of rotatable bonds is 8. The first-order valence-corrected chi connectivity index (χ1v) is 26.9. The molecular formula is C74H52N2O. The molecule has 15 rings (SSSR count). The molecule has 1 unspecified atom stereocenters. The topological polar surface area (TPSA) is 17.4 Å². The lowest BCUT2D eigenvalue weighted by Gasteiger charge is -2.39. The van der Waals surface area contributed by atoms with E-state index < -0.39 is 5.41 Å². The zero-order chi connectivity index (χ0) is 51.0. The van der Waals surface area contributed by atoms with Gasteiger partial charge < -0.3 is 14.2 Å². The van der Waals surface area contributed by atoms with Crippen LogP contribution in [0.5, 0.6) is 11.5 Å². The molecule has 0 amide bonds. The summed E-state index contributed by atoms with van der Waals surface area (Å²) in [6.07, 6.45) is 5.72. The van der Waals surface area contributed by atoms with Crippen LogP contribution in [0, 0.1) is 5.92 Å². The van der Waals surface area contributed by atoms with Gasteiger partial charge in [-0.3, -0.25) is 0 Å². The van der Waals surface area contributed by atoms with Crippen molar-refractivity contribution in [2.45, 2.75) is 18.8 Å². The molecule has 1 spiro atoms. The molecule has 11 aromatic carbocycles. The predicted molar refractivity (Wildman–Crippen MR) is 320 cm³/mol. The number of para-hydroxylation sites is 5. The lowest BCUT2D eigenvalue weighted by Crippen LogP contribution is -2.32. The fourth-order valence-corrected chi connectivity index (χ4v) is 13.2. The number of hydrogen-bond donors (Lipinski definition) is 0. The molecule has 3 heteroatoms. The molecule has 1 atom stereocenters. The SMILES string of the molecule is CC1C=CC(c2ccccc2-c2ccccc2N(c2ccc(-c3cccc4c3c3ccccc3n4-c3ccccc3)cc2)c2ccc3c(c2)-c2ccccc2C32c3ccccc3Oc3ccccc32)=C(c2ccccc2)C1. The minimum atomic E-state index is -0.570. The summed E-state index contributed by atoms with van der Waals surface area (Å²) in [5, 5.41) is 2.48. The molecule has 0 saturated carbocycles. The molecule has 12 aromatic rings. The fourth-order valence-electron chi connectivity index (χ4n) is 13.2. The number of fused-ring (bicyclic) bond motifs is 12. The molecule has 2 heterocycles. The summed E-state index contributed by atoms with van der Waals surface area (Å²) in [6, 6.07) is 97.9. The summed E-state index contributed by atoms with van der Waals surface area (Å²) in [5.41, 5.74) is 23.3. The largest absolute Gasteiger partial charge is 0.457 e. The summed E-state index contributed by atoms with van der Waals surface area (Å²) in [4.78, 5) is 2.49. The van der Waals surface area contributed by atoms with Gasteiger partial charge in [-0.2, -0.15) is 0 Å². The summed E-state index contributed by atoms with van der Waals surface area (Å²) in [5.74, 6) is 2.22. The minimum absolute atomic E-state index is 0.438. The molecule has 0 N–H and O–H groups in total. The Balaban J connectivity index is 0.946. The van der Waals surface area contributed by atoms with Crippen molar-refractivity contribution in [3.05, 3.63) is 312 Å². The van der Waals surface area contributed by atoms with Crippen molar-refractivity contribution in [1.29, 1.82) is 0 Å². The van der Waals surface area contributed by atoms with Gasteiger partial charge in [-0.05, 0) is 140 Å². The van der Waals surface area contributed by atoms with E-state index in [1.807, 2.05) is 0 Å². The highest BCUT2D eigenvalue weighted by Crippen LogP contribution is 2.63. The van der Waals surface area contributed by atoms with Gasteiger partial charge in [-0.25, -0.2) is 0 Å². The maximum atomic E-state index is 6.71. The van der Waals surface area contributed by atoms with Crippen LogP contribution in [-0.2, 0) is 5.41 Å². The Labute approximate surface area is 449 Å². The van der Waals surface area contributed by atoms with Gasteiger partial charge in [0, 0.05) is 44.5 Å². The Morgan fingerprint density at radius 3 is 1.77 bits per heavy atom. The average Bonchev–Trinajstić information content (AvgIpc) is 3.73. The molecular weight excluding hydrogens is 933 g/mol. The highest BCUT2D eigenvalue weighted by molar-refractivity contribution is 6.16. The third-order valence-corrected chi connectivity index (χ3v) is 16.5. The van der Waals surface area contributed by atoms with Crippen molar-refractivity contribution in [3.63, 3.8) is 0 Å². The molecule has 1 aliphatic heterocycles. The van der Waals surface area contributed by atoms with Crippen LogP contribution in [0.4, 0.5) is 17.1 Å².